The molecule has 0 fully saturated rings. The number of benzene rings is 2. The summed E-state index contributed by atoms with van der Waals surface area (Å²) in [5.41, 5.74) is 2.38. The summed E-state index contributed by atoms with van der Waals surface area (Å²) in [4.78, 5) is 12.5. The van der Waals surface area contributed by atoms with Crippen molar-refractivity contribution in [2.75, 3.05) is 18.5 Å². The second-order valence-corrected chi connectivity index (χ2v) is 5.57. The lowest BCUT2D eigenvalue weighted by Gasteiger charge is -2.14. The number of carbonyl (C=O) groups is 1. The SMILES string of the molecule is CCCCOc1ccc(C(=O)Nc2ccccc2C)cc1OCC. The van der Waals surface area contributed by atoms with Crippen molar-refractivity contribution in [3.8, 4) is 11.5 Å². The van der Waals surface area contributed by atoms with E-state index in [1.54, 1.807) is 18.2 Å². The fraction of sp³-hybridized carbons (Fsp3) is 0.350. The molecule has 2 aromatic carbocycles. The molecule has 0 saturated heterocycles. The van der Waals surface area contributed by atoms with Crippen molar-refractivity contribution in [2.24, 2.45) is 0 Å². The third-order valence-corrected chi connectivity index (χ3v) is 3.65. The first kappa shape index (κ1) is 17.9. The standard InChI is InChI=1S/C20H25NO3/c1-4-6-13-24-18-12-11-16(14-19(18)23-5-2)20(22)21-17-10-8-7-9-15(17)3/h7-12,14H,4-6,13H2,1-3H3,(H,21,22). The lowest BCUT2D eigenvalue weighted by atomic mass is 10.1. The van der Waals surface area contributed by atoms with E-state index in [1.807, 2.05) is 38.1 Å². The van der Waals surface area contributed by atoms with Crippen LogP contribution < -0.4 is 14.8 Å². The summed E-state index contributed by atoms with van der Waals surface area (Å²) in [6, 6.07) is 13.0. The van der Waals surface area contributed by atoms with Gasteiger partial charge < -0.3 is 14.8 Å². The van der Waals surface area contributed by atoms with Gasteiger partial charge in [0.05, 0.1) is 13.2 Å². The van der Waals surface area contributed by atoms with E-state index in [9.17, 15) is 4.79 Å². The molecule has 0 atom stereocenters. The van der Waals surface area contributed by atoms with E-state index in [2.05, 4.69) is 12.2 Å². The first-order chi connectivity index (χ1) is 11.7. The Kier molecular flexibility index (Phi) is 6.67. The van der Waals surface area contributed by atoms with Gasteiger partial charge in [-0.2, -0.15) is 0 Å². The molecule has 0 radical (unpaired) electrons. The van der Waals surface area contributed by atoms with Gasteiger partial charge in [-0.25, -0.2) is 0 Å². The highest BCUT2D eigenvalue weighted by atomic mass is 16.5. The van der Waals surface area contributed by atoms with Gasteiger partial charge in [-0.3, -0.25) is 4.79 Å². The van der Waals surface area contributed by atoms with E-state index < -0.39 is 0 Å². The minimum atomic E-state index is -0.162. The van der Waals surface area contributed by atoms with E-state index in [0.717, 1.165) is 24.1 Å². The van der Waals surface area contributed by atoms with Gasteiger partial charge in [0.1, 0.15) is 0 Å². The Morgan fingerprint density at radius 2 is 1.83 bits per heavy atom. The molecule has 0 aliphatic carbocycles. The molecular formula is C20H25NO3. The molecule has 2 rings (SSSR count). The van der Waals surface area contributed by atoms with Crippen LogP contribution in [-0.4, -0.2) is 19.1 Å². The number of rotatable bonds is 8. The van der Waals surface area contributed by atoms with Crippen LogP contribution in [0.4, 0.5) is 5.69 Å². The van der Waals surface area contributed by atoms with E-state index in [4.69, 9.17) is 9.47 Å². The van der Waals surface area contributed by atoms with Crippen molar-refractivity contribution >= 4 is 11.6 Å². The molecule has 2 aromatic rings. The molecule has 0 heterocycles. The van der Waals surface area contributed by atoms with E-state index in [-0.39, 0.29) is 5.91 Å². The normalized spacial score (nSPS) is 10.3. The number of unbranched alkanes of at least 4 members (excludes halogenated alkanes) is 1. The van der Waals surface area contributed by atoms with Gasteiger partial charge >= 0.3 is 0 Å². The molecule has 1 N–H and O–H groups in total. The van der Waals surface area contributed by atoms with Crippen LogP contribution in [0.25, 0.3) is 0 Å². The third-order valence-electron chi connectivity index (χ3n) is 3.65. The molecule has 0 aromatic heterocycles. The fourth-order valence-corrected chi connectivity index (χ4v) is 2.27. The topological polar surface area (TPSA) is 47.6 Å². The number of nitrogens with one attached hydrogen (secondary N) is 1. The lowest BCUT2D eigenvalue weighted by molar-refractivity contribution is 0.102. The molecule has 4 heteroatoms. The summed E-state index contributed by atoms with van der Waals surface area (Å²) < 4.78 is 11.4. The van der Waals surface area contributed by atoms with Gasteiger partial charge in [-0.15, -0.1) is 0 Å². The van der Waals surface area contributed by atoms with Crippen LogP contribution in [0.5, 0.6) is 11.5 Å². The highest BCUT2D eigenvalue weighted by Gasteiger charge is 2.12. The Balaban J connectivity index is 2.16. The van der Waals surface area contributed by atoms with Crippen molar-refractivity contribution in [3.05, 3.63) is 53.6 Å². The quantitative estimate of drug-likeness (QED) is 0.707. The Bertz CT molecular complexity index is 682. The monoisotopic (exact) mass is 327 g/mol. The molecule has 0 unspecified atom stereocenters. The number of ether oxygens (including phenoxy) is 2. The highest BCUT2D eigenvalue weighted by molar-refractivity contribution is 6.05. The van der Waals surface area contributed by atoms with E-state index >= 15 is 0 Å². The predicted octanol–water partition coefficient (Wildman–Crippen LogP) is 4.82. The van der Waals surface area contributed by atoms with Crippen LogP contribution in [0.15, 0.2) is 42.5 Å². The predicted molar refractivity (Wildman–Crippen MR) is 97.1 cm³/mol. The second-order valence-electron chi connectivity index (χ2n) is 5.57. The minimum absolute atomic E-state index is 0.162. The van der Waals surface area contributed by atoms with Gasteiger partial charge in [-0.1, -0.05) is 31.5 Å². The van der Waals surface area contributed by atoms with Crippen molar-refractivity contribution in [1.82, 2.24) is 0 Å². The van der Waals surface area contributed by atoms with Crippen molar-refractivity contribution < 1.29 is 14.3 Å². The minimum Gasteiger partial charge on any atom is -0.490 e. The molecule has 128 valence electrons. The van der Waals surface area contributed by atoms with Crippen LogP contribution in [0.2, 0.25) is 0 Å². The number of hydrogen-bond acceptors (Lipinski definition) is 3. The molecule has 1 amide bonds. The van der Waals surface area contributed by atoms with Gasteiger partial charge in [-0.05, 0) is 50.1 Å². The highest BCUT2D eigenvalue weighted by Crippen LogP contribution is 2.29. The maximum absolute atomic E-state index is 12.5. The molecule has 0 saturated carbocycles. The van der Waals surface area contributed by atoms with Gasteiger partial charge in [0.25, 0.3) is 5.91 Å². The molecule has 0 spiro atoms. The van der Waals surface area contributed by atoms with Crippen molar-refractivity contribution in [1.29, 1.82) is 0 Å². The Morgan fingerprint density at radius 1 is 1.04 bits per heavy atom. The summed E-state index contributed by atoms with van der Waals surface area (Å²) >= 11 is 0. The number of para-hydroxylation sites is 1. The maximum atomic E-state index is 12.5. The van der Waals surface area contributed by atoms with Crippen LogP contribution in [0.3, 0.4) is 0 Å². The summed E-state index contributed by atoms with van der Waals surface area (Å²) in [5, 5.41) is 2.93. The van der Waals surface area contributed by atoms with Crippen LogP contribution in [-0.2, 0) is 0 Å². The van der Waals surface area contributed by atoms with Crippen LogP contribution in [0.1, 0.15) is 42.6 Å². The number of amides is 1. The largest absolute Gasteiger partial charge is 0.490 e. The van der Waals surface area contributed by atoms with Crippen LogP contribution >= 0.6 is 0 Å². The first-order valence-electron chi connectivity index (χ1n) is 8.42. The maximum Gasteiger partial charge on any atom is 0.255 e. The third kappa shape index (κ3) is 4.75. The summed E-state index contributed by atoms with van der Waals surface area (Å²) in [6.07, 6.45) is 2.06. The summed E-state index contributed by atoms with van der Waals surface area (Å²) in [5.74, 6) is 1.12. The fourth-order valence-electron chi connectivity index (χ4n) is 2.27. The number of anilines is 1. The zero-order valence-electron chi connectivity index (χ0n) is 14.6. The van der Waals surface area contributed by atoms with Crippen LogP contribution in [0, 0.1) is 6.92 Å². The molecular weight excluding hydrogens is 302 g/mol. The number of carbonyl (C=O) groups excluding carboxylic acids is 1. The molecule has 24 heavy (non-hydrogen) atoms. The van der Waals surface area contributed by atoms with E-state index in [0.29, 0.717) is 30.3 Å². The van der Waals surface area contributed by atoms with E-state index in [1.165, 1.54) is 0 Å². The molecule has 0 bridgehead atoms. The van der Waals surface area contributed by atoms with Gasteiger partial charge in [0.15, 0.2) is 11.5 Å². The molecule has 0 aliphatic heterocycles. The lowest BCUT2D eigenvalue weighted by Crippen LogP contribution is -2.13. The molecule has 4 nitrogen and oxygen atoms in total. The van der Waals surface area contributed by atoms with Gasteiger partial charge in [0.2, 0.25) is 0 Å². The Morgan fingerprint density at radius 3 is 2.54 bits per heavy atom. The zero-order valence-corrected chi connectivity index (χ0v) is 14.6. The number of aryl methyl sites for hydroxylation is 1. The first-order valence-corrected chi connectivity index (χ1v) is 8.42. The smallest absolute Gasteiger partial charge is 0.255 e. The zero-order chi connectivity index (χ0) is 17.4. The molecule has 0 aliphatic rings. The van der Waals surface area contributed by atoms with Gasteiger partial charge in [0, 0.05) is 11.3 Å². The van der Waals surface area contributed by atoms with Crippen molar-refractivity contribution in [3.63, 3.8) is 0 Å². The average Bonchev–Trinajstić information content (AvgIpc) is 2.58. The summed E-state index contributed by atoms with van der Waals surface area (Å²) in [6.45, 7) is 7.16. The Labute approximate surface area is 143 Å². The second kappa shape index (κ2) is 8.96. The summed E-state index contributed by atoms with van der Waals surface area (Å²) in [7, 11) is 0. The average molecular weight is 327 g/mol. The van der Waals surface area contributed by atoms with Crippen molar-refractivity contribution in [2.45, 2.75) is 33.6 Å². The Hall–Kier alpha value is -2.49. The number of hydrogen-bond donors (Lipinski definition) is 1.